The summed E-state index contributed by atoms with van der Waals surface area (Å²) in [5.74, 6) is 1.32. The molecule has 0 bridgehead atoms. The summed E-state index contributed by atoms with van der Waals surface area (Å²) in [5, 5.41) is 0. The van der Waals surface area contributed by atoms with Gasteiger partial charge in [0.2, 0.25) is 0 Å². The molecule has 0 saturated heterocycles. The molecule has 1 unspecified atom stereocenters. The van der Waals surface area contributed by atoms with E-state index < -0.39 is 0 Å². The van der Waals surface area contributed by atoms with E-state index >= 15 is 0 Å². The molecule has 21 heavy (non-hydrogen) atoms. The summed E-state index contributed by atoms with van der Waals surface area (Å²) in [4.78, 5) is 0. The van der Waals surface area contributed by atoms with Crippen molar-refractivity contribution in [1.82, 2.24) is 0 Å². The van der Waals surface area contributed by atoms with Gasteiger partial charge < -0.3 is 10.5 Å². The molecule has 2 aromatic carbocycles. The Labute approximate surface area is 127 Å². The highest BCUT2D eigenvalue weighted by Gasteiger charge is 2.12. The number of nitrogens with two attached hydrogens (primary N) is 1. The molecule has 1 atom stereocenters. The lowest BCUT2D eigenvalue weighted by atomic mass is 9.92. The van der Waals surface area contributed by atoms with Crippen LogP contribution >= 0.6 is 0 Å². The molecular weight excluding hydrogens is 258 g/mol. The highest BCUT2D eigenvalue weighted by Crippen LogP contribution is 2.22. The molecule has 0 fully saturated rings. The second kappa shape index (κ2) is 7.84. The second-order valence-corrected chi connectivity index (χ2v) is 5.43. The summed E-state index contributed by atoms with van der Waals surface area (Å²) in [6, 6.07) is 16.8. The van der Waals surface area contributed by atoms with Crippen molar-refractivity contribution in [3.63, 3.8) is 0 Å². The van der Waals surface area contributed by atoms with Gasteiger partial charge in [0.25, 0.3) is 0 Å². The van der Waals surface area contributed by atoms with Crippen molar-refractivity contribution in [2.45, 2.75) is 32.6 Å². The lowest BCUT2D eigenvalue weighted by Crippen LogP contribution is -2.16. The smallest absolute Gasteiger partial charge is 0.119 e. The van der Waals surface area contributed by atoms with Gasteiger partial charge in [-0.25, -0.2) is 0 Å². The van der Waals surface area contributed by atoms with Gasteiger partial charge in [0, 0.05) is 0 Å². The van der Waals surface area contributed by atoms with E-state index in [-0.39, 0.29) is 0 Å². The predicted molar refractivity (Wildman–Crippen MR) is 88.9 cm³/mol. The fourth-order valence-corrected chi connectivity index (χ4v) is 2.62. The molecule has 0 aliphatic rings. The van der Waals surface area contributed by atoms with E-state index in [2.05, 4.69) is 56.3 Å². The molecule has 2 heteroatoms. The van der Waals surface area contributed by atoms with Crippen LogP contribution in [0, 0.1) is 6.92 Å². The van der Waals surface area contributed by atoms with Crippen LogP contribution in [-0.2, 0) is 6.42 Å². The van der Waals surface area contributed by atoms with Crippen molar-refractivity contribution in [2.24, 2.45) is 5.73 Å². The SMILES string of the molecule is CCc1cccc(OCCC(CN)c2ccccc2C)c1. The third-order valence-electron chi connectivity index (χ3n) is 3.95. The topological polar surface area (TPSA) is 35.2 Å². The van der Waals surface area contributed by atoms with Crippen LogP contribution in [0.5, 0.6) is 5.75 Å². The van der Waals surface area contributed by atoms with Gasteiger partial charge in [-0.2, -0.15) is 0 Å². The Morgan fingerprint density at radius 3 is 2.62 bits per heavy atom. The van der Waals surface area contributed by atoms with Gasteiger partial charge >= 0.3 is 0 Å². The van der Waals surface area contributed by atoms with Crippen molar-refractivity contribution in [1.29, 1.82) is 0 Å². The van der Waals surface area contributed by atoms with E-state index in [1.165, 1.54) is 16.7 Å². The highest BCUT2D eigenvalue weighted by atomic mass is 16.5. The Hall–Kier alpha value is -1.80. The molecule has 0 aliphatic heterocycles. The van der Waals surface area contributed by atoms with Crippen LogP contribution in [0.25, 0.3) is 0 Å². The van der Waals surface area contributed by atoms with Crippen LogP contribution in [0.2, 0.25) is 0 Å². The van der Waals surface area contributed by atoms with Gasteiger partial charge in [-0.1, -0.05) is 43.3 Å². The first kappa shape index (κ1) is 15.6. The fraction of sp³-hybridized carbons (Fsp3) is 0.368. The van der Waals surface area contributed by atoms with E-state index in [9.17, 15) is 0 Å². The number of hydrogen-bond acceptors (Lipinski definition) is 2. The summed E-state index contributed by atoms with van der Waals surface area (Å²) in [6.45, 7) is 5.65. The number of benzene rings is 2. The molecule has 0 aliphatic carbocycles. The first-order valence-electron chi connectivity index (χ1n) is 7.72. The van der Waals surface area contributed by atoms with Crippen molar-refractivity contribution < 1.29 is 4.74 Å². The third-order valence-corrected chi connectivity index (χ3v) is 3.95. The van der Waals surface area contributed by atoms with Crippen LogP contribution < -0.4 is 10.5 Å². The van der Waals surface area contributed by atoms with Gasteiger partial charge in [0.15, 0.2) is 0 Å². The molecule has 0 heterocycles. The molecule has 0 saturated carbocycles. The van der Waals surface area contributed by atoms with Gasteiger partial charge in [-0.3, -0.25) is 0 Å². The van der Waals surface area contributed by atoms with Crippen molar-refractivity contribution >= 4 is 0 Å². The first-order chi connectivity index (χ1) is 10.2. The van der Waals surface area contributed by atoms with Crippen LogP contribution in [0.1, 0.15) is 36.0 Å². The Kier molecular flexibility index (Phi) is 5.82. The molecule has 0 aromatic heterocycles. The van der Waals surface area contributed by atoms with Crippen molar-refractivity contribution in [3.8, 4) is 5.75 Å². The lowest BCUT2D eigenvalue weighted by Gasteiger charge is -2.18. The molecule has 0 spiro atoms. The largest absolute Gasteiger partial charge is 0.494 e. The molecular formula is C19H25NO. The monoisotopic (exact) mass is 283 g/mol. The molecule has 0 amide bonds. The summed E-state index contributed by atoms with van der Waals surface area (Å²) in [6.07, 6.45) is 1.98. The third kappa shape index (κ3) is 4.33. The van der Waals surface area contributed by atoms with Crippen LogP contribution in [0.4, 0.5) is 0 Å². The number of hydrogen-bond donors (Lipinski definition) is 1. The van der Waals surface area contributed by atoms with E-state index in [1.54, 1.807) is 0 Å². The molecule has 2 N–H and O–H groups in total. The second-order valence-electron chi connectivity index (χ2n) is 5.43. The van der Waals surface area contributed by atoms with E-state index in [0.29, 0.717) is 19.1 Å². The fourth-order valence-electron chi connectivity index (χ4n) is 2.62. The van der Waals surface area contributed by atoms with E-state index in [0.717, 1.165) is 18.6 Å². The minimum atomic E-state index is 0.362. The van der Waals surface area contributed by atoms with Crippen LogP contribution in [0.3, 0.4) is 0 Å². The molecule has 2 rings (SSSR count). The maximum Gasteiger partial charge on any atom is 0.119 e. The maximum atomic E-state index is 5.94. The summed E-state index contributed by atoms with van der Waals surface area (Å²) >= 11 is 0. The average molecular weight is 283 g/mol. The minimum absolute atomic E-state index is 0.362. The first-order valence-corrected chi connectivity index (χ1v) is 7.72. The van der Waals surface area contributed by atoms with Crippen molar-refractivity contribution in [2.75, 3.05) is 13.2 Å². The zero-order valence-electron chi connectivity index (χ0n) is 13.0. The summed E-state index contributed by atoms with van der Waals surface area (Å²) in [5.41, 5.74) is 9.90. The number of aryl methyl sites for hydroxylation is 2. The Morgan fingerprint density at radius 2 is 1.90 bits per heavy atom. The van der Waals surface area contributed by atoms with Gasteiger partial charge in [0.05, 0.1) is 6.61 Å². The van der Waals surface area contributed by atoms with Gasteiger partial charge in [-0.15, -0.1) is 0 Å². The number of ether oxygens (including phenoxy) is 1. The lowest BCUT2D eigenvalue weighted by molar-refractivity contribution is 0.298. The average Bonchev–Trinajstić information content (AvgIpc) is 2.53. The van der Waals surface area contributed by atoms with Crippen LogP contribution in [-0.4, -0.2) is 13.2 Å². The van der Waals surface area contributed by atoms with Gasteiger partial charge in [0.1, 0.15) is 5.75 Å². The van der Waals surface area contributed by atoms with E-state index in [4.69, 9.17) is 10.5 Å². The van der Waals surface area contributed by atoms with E-state index in [1.807, 2.05) is 6.07 Å². The summed E-state index contributed by atoms with van der Waals surface area (Å²) in [7, 11) is 0. The Bertz CT molecular complexity index is 565. The molecule has 2 nitrogen and oxygen atoms in total. The summed E-state index contributed by atoms with van der Waals surface area (Å²) < 4.78 is 5.89. The maximum absolute atomic E-state index is 5.94. The number of rotatable bonds is 7. The van der Waals surface area contributed by atoms with Gasteiger partial charge in [-0.05, 0) is 61.1 Å². The van der Waals surface area contributed by atoms with Crippen molar-refractivity contribution in [3.05, 3.63) is 65.2 Å². The molecule has 2 aromatic rings. The predicted octanol–water partition coefficient (Wildman–Crippen LogP) is 4.07. The standard InChI is InChI=1S/C19H25NO/c1-3-16-8-6-9-18(13-16)21-12-11-17(14-20)19-10-5-4-7-15(19)2/h4-10,13,17H,3,11-12,14,20H2,1-2H3. The Balaban J connectivity index is 1.93. The van der Waals surface area contributed by atoms with Crippen LogP contribution in [0.15, 0.2) is 48.5 Å². The zero-order valence-corrected chi connectivity index (χ0v) is 13.0. The quantitative estimate of drug-likeness (QED) is 0.831. The molecule has 112 valence electrons. The molecule has 0 radical (unpaired) electrons. The zero-order chi connectivity index (χ0) is 15.1. The normalized spacial score (nSPS) is 12.1. The Morgan fingerprint density at radius 1 is 1.10 bits per heavy atom. The highest BCUT2D eigenvalue weighted by molar-refractivity contribution is 5.30. The minimum Gasteiger partial charge on any atom is -0.494 e.